The van der Waals surface area contributed by atoms with E-state index in [1.807, 2.05) is 91.8 Å². The van der Waals surface area contributed by atoms with Crippen LogP contribution in [0.25, 0.3) is 0 Å². The maximum atomic E-state index is 11.4. The minimum Gasteiger partial charge on any atom is -0.545 e. The van der Waals surface area contributed by atoms with Crippen molar-refractivity contribution in [3.63, 3.8) is 0 Å². The Labute approximate surface area is 292 Å². The van der Waals surface area contributed by atoms with E-state index in [0.717, 1.165) is 22.3 Å². The maximum absolute atomic E-state index is 11.4. The summed E-state index contributed by atoms with van der Waals surface area (Å²) in [6.45, 7) is 24.7. The molecule has 0 atom stereocenters. The monoisotopic (exact) mass is 689 g/mol. The van der Waals surface area contributed by atoms with Crippen LogP contribution in [0.2, 0.25) is 0 Å². The second-order valence-corrected chi connectivity index (χ2v) is 13.2. The quantitative estimate of drug-likeness (QED) is 0.195. The Hall–Kier alpha value is -3.69. The summed E-state index contributed by atoms with van der Waals surface area (Å²) in [5.41, 5.74) is 6.76. The van der Waals surface area contributed by atoms with Crippen molar-refractivity contribution in [3.8, 4) is 0 Å². The first kappa shape index (κ1) is 43.3. The number of H-pyrrole nitrogens is 2. The number of aromatic amines is 2. The molecule has 0 aliphatic rings. The van der Waals surface area contributed by atoms with Crippen molar-refractivity contribution in [2.45, 2.75) is 119 Å². The molecule has 2 heterocycles. The topological polar surface area (TPSA) is 138 Å². The fourth-order valence-corrected chi connectivity index (χ4v) is 4.81. The molecule has 0 spiro atoms. The van der Waals surface area contributed by atoms with Gasteiger partial charge >= 0.3 is 16.8 Å². The first-order chi connectivity index (χ1) is 21.5. The number of nitrogens with zero attached hydrogens (tertiary/aromatic N) is 2. The minimum atomic E-state index is -1.06. The molecule has 0 fully saturated rings. The molecule has 0 unspecified atom stereocenters. The molecule has 4 rings (SSSR count). The van der Waals surface area contributed by atoms with Gasteiger partial charge in [0, 0.05) is 35.9 Å². The molecule has 259 valence electrons. The van der Waals surface area contributed by atoms with E-state index in [0.29, 0.717) is 23.0 Å². The van der Waals surface area contributed by atoms with Crippen LogP contribution in [-0.4, -0.2) is 32.3 Å². The molecule has 0 aliphatic heterocycles. The molecule has 0 saturated heterocycles. The van der Waals surface area contributed by atoms with Gasteiger partial charge in [0.15, 0.2) is 0 Å². The van der Waals surface area contributed by atoms with E-state index in [4.69, 9.17) is 0 Å². The third-order valence-corrected chi connectivity index (χ3v) is 7.48. The molecule has 0 amide bonds. The van der Waals surface area contributed by atoms with Gasteiger partial charge in [0.1, 0.15) is 0 Å². The van der Waals surface area contributed by atoms with Crippen molar-refractivity contribution >= 4 is 11.9 Å². The van der Waals surface area contributed by atoms with Gasteiger partial charge in [0.2, 0.25) is 0 Å². The third kappa shape index (κ3) is 13.9. The van der Waals surface area contributed by atoms with Gasteiger partial charge < -0.3 is 19.8 Å². The molecule has 9 heteroatoms. The summed E-state index contributed by atoms with van der Waals surface area (Å²) in [6, 6.07) is 11.7. The van der Waals surface area contributed by atoms with Gasteiger partial charge in [-0.2, -0.15) is 10.2 Å². The molecule has 2 aromatic carbocycles. The van der Waals surface area contributed by atoms with Gasteiger partial charge in [0.05, 0.1) is 11.9 Å². The molecule has 0 bridgehead atoms. The molecule has 4 aromatic rings. The fourth-order valence-electron chi connectivity index (χ4n) is 4.81. The first-order valence-corrected chi connectivity index (χ1v) is 16.2. The summed E-state index contributed by atoms with van der Waals surface area (Å²) in [4.78, 5) is 22.8. The van der Waals surface area contributed by atoms with Crippen LogP contribution in [0.5, 0.6) is 0 Å². The van der Waals surface area contributed by atoms with Crippen LogP contribution >= 0.6 is 0 Å². The van der Waals surface area contributed by atoms with Crippen molar-refractivity contribution in [1.82, 2.24) is 20.4 Å². The van der Waals surface area contributed by atoms with E-state index in [-0.39, 0.29) is 40.5 Å². The van der Waals surface area contributed by atoms with Crippen LogP contribution in [0.4, 0.5) is 0 Å². The standard InChI is InChI=1S/2C16H24O2.2C3H4N2.Co/c2*1-9(2)12-7-13(10(3)4)15(16(17)18)14(8-12)11(5)6;2*1-2-4-5-3-1;/h2*7-11H,1-6H3,(H,17,18);2*1-3H,(H,4,5);/q;;;;+2/p-2. The van der Waals surface area contributed by atoms with Crippen molar-refractivity contribution in [2.24, 2.45) is 0 Å². The van der Waals surface area contributed by atoms with Crippen molar-refractivity contribution in [2.75, 3.05) is 0 Å². The van der Waals surface area contributed by atoms with E-state index in [2.05, 4.69) is 48.1 Å². The van der Waals surface area contributed by atoms with Crippen molar-refractivity contribution in [3.05, 3.63) is 106 Å². The van der Waals surface area contributed by atoms with Crippen molar-refractivity contribution in [1.29, 1.82) is 0 Å². The Balaban J connectivity index is 0.000000681. The van der Waals surface area contributed by atoms with Crippen molar-refractivity contribution < 1.29 is 36.6 Å². The maximum Gasteiger partial charge on any atom is 2.00 e. The SMILES string of the molecule is CC(C)c1cc(C(C)C)c(C(=O)[O-])c(C(C)C)c1.CC(C)c1cc(C(C)C)c(C(=O)[O-])c(C(C)C)c1.[Co+2].c1cn[nH]c1.c1cn[nH]c1. The van der Waals surface area contributed by atoms with Gasteiger partial charge in [0.25, 0.3) is 0 Å². The molecule has 1 radical (unpaired) electrons. The Morgan fingerprint density at radius 2 is 0.766 bits per heavy atom. The predicted molar refractivity (Wildman–Crippen MR) is 183 cm³/mol. The molecular formula is C38H54CoN4O4. The van der Waals surface area contributed by atoms with Crippen LogP contribution in [0.3, 0.4) is 0 Å². The Kier molecular flexibility index (Phi) is 19.6. The zero-order valence-corrected chi connectivity index (χ0v) is 31.1. The number of carbonyl (C=O) groups excluding carboxylic acids is 2. The number of benzene rings is 2. The summed E-state index contributed by atoms with van der Waals surface area (Å²) >= 11 is 0. The zero-order chi connectivity index (χ0) is 35.1. The average molecular weight is 690 g/mol. The second kappa shape index (κ2) is 21.2. The Bertz CT molecular complexity index is 1250. The fraction of sp³-hybridized carbons (Fsp3) is 0.474. The number of carboxylic acids is 2. The Morgan fingerprint density at radius 3 is 0.872 bits per heavy atom. The summed E-state index contributed by atoms with van der Waals surface area (Å²) in [5.74, 6) is -0.562. The van der Waals surface area contributed by atoms with Gasteiger partial charge in [-0.15, -0.1) is 0 Å². The average Bonchev–Trinajstić information content (AvgIpc) is 3.75. The Morgan fingerprint density at radius 1 is 0.511 bits per heavy atom. The van der Waals surface area contributed by atoms with Crippen LogP contribution in [0, 0.1) is 0 Å². The van der Waals surface area contributed by atoms with Gasteiger partial charge in [-0.05, 0) is 81.0 Å². The molecule has 2 aromatic heterocycles. The normalized spacial score (nSPS) is 10.6. The van der Waals surface area contributed by atoms with Crippen LogP contribution in [0.15, 0.2) is 61.2 Å². The summed E-state index contributed by atoms with van der Waals surface area (Å²) in [5, 5.41) is 35.3. The third-order valence-electron chi connectivity index (χ3n) is 7.48. The van der Waals surface area contributed by atoms with Crippen LogP contribution in [0.1, 0.15) is 173 Å². The number of aromatic carboxylic acids is 2. The number of aromatic nitrogens is 4. The van der Waals surface area contributed by atoms with Gasteiger partial charge in [-0.3, -0.25) is 10.2 Å². The largest absolute Gasteiger partial charge is 2.00 e. The molecule has 2 N–H and O–H groups in total. The second-order valence-electron chi connectivity index (χ2n) is 13.2. The van der Waals surface area contributed by atoms with Gasteiger partial charge in [-0.25, -0.2) is 0 Å². The molecular weight excluding hydrogens is 635 g/mol. The summed E-state index contributed by atoms with van der Waals surface area (Å²) in [7, 11) is 0. The predicted octanol–water partition coefficient (Wildman–Crippen LogP) is 7.66. The number of nitrogens with one attached hydrogen (secondary N) is 2. The van der Waals surface area contributed by atoms with E-state index in [1.54, 1.807) is 24.8 Å². The zero-order valence-electron chi connectivity index (χ0n) is 30.1. The summed E-state index contributed by atoms with van der Waals surface area (Å²) < 4.78 is 0. The van der Waals surface area contributed by atoms with E-state index in [1.165, 1.54) is 11.1 Å². The summed E-state index contributed by atoms with van der Waals surface area (Å²) in [6.07, 6.45) is 6.92. The number of hydrogen-bond acceptors (Lipinski definition) is 6. The first-order valence-electron chi connectivity index (χ1n) is 16.2. The van der Waals surface area contributed by atoms with Crippen LogP contribution < -0.4 is 10.2 Å². The smallest absolute Gasteiger partial charge is 0.545 e. The molecule has 0 aliphatic carbocycles. The molecule has 8 nitrogen and oxygen atoms in total. The van der Waals surface area contributed by atoms with E-state index >= 15 is 0 Å². The molecule has 0 saturated carbocycles. The minimum absolute atomic E-state index is 0. The van der Waals surface area contributed by atoms with Crippen LogP contribution in [-0.2, 0) is 16.8 Å². The number of hydrogen-bond donors (Lipinski definition) is 2. The van der Waals surface area contributed by atoms with E-state index in [9.17, 15) is 19.8 Å². The van der Waals surface area contributed by atoms with E-state index < -0.39 is 11.9 Å². The molecule has 47 heavy (non-hydrogen) atoms. The van der Waals surface area contributed by atoms with Gasteiger partial charge in [-0.1, -0.05) is 107 Å². The number of rotatable bonds is 8. The number of carboxylic acid groups (broad SMARTS) is 2. The number of carbonyl (C=O) groups is 2.